The van der Waals surface area contributed by atoms with Gasteiger partial charge in [-0.25, -0.2) is 8.42 Å². The van der Waals surface area contributed by atoms with E-state index in [1.54, 1.807) is 0 Å². The highest BCUT2D eigenvalue weighted by molar-refractivity contribution is 7.80. The summed E-state index contributed by atoms with van der Waals surface area (Å²) in [5, 5.41) is 0. The summed E-state index contributed by atoms with van der Waals surface area (Å²) >= 11 is 0. The second kappa shape index (κ2) is 19.2. The topological polar surface area (TPSA) is 66.4 Å². The molecule has 0 saturated heterocycles. The summed E-state index contributed by atoms with van der Waals surface area (Å²) in [5.41, 5.74) is 0. The zero-order valence-electron chi connectivity index (χ0n) is 18.8. The van der Waals surface area contributed by atoms with Crippen LogP contribution in [-0.2, 0) is 14.6 Å². The Balaban J connectivity index is 0. The Hall–Kier alpha value is -0.170. The molecule has 0 fully saturated rings. The molecule has 0 spiro atoms. The van der Waals surface area contributed by atoms with Crippen LogP contribution in [0, 0.1) is 0 Å². The highest BCUT2D eigenvalue weighted by atomic mass is 32.3. The van der Waals surface area contributed by atoms with E-state index < -0.39 is 10.4 Å². The SMILES string of the molecule is CCCCCCCCCCCC[N+](C)(C)C.CCCCCCOS(=O)(=O)[O-]. The van der Waals surface area contributed by atoms with Crippen LogP contribution in [-0.4, -0.2) is 51.7 Å². The van der Waals surface area contributed by atoms with Crippen molar-refractivity contribution in [3.8, 4) is 0 Å². The van der Waals surface area contributed by atoms with Gasteiger partial charge in [-0.2, -0.15) is 0 Å². The summed E-state index contributed by atoms with van der Waals surface area (Å²) in [6.45, 7) is 5.68. The summed E-state index contributed by atoms with van der Waals surface area (Å²) < 4.78 is 34.8. The number of unbranched alkanes of at least 4 members (excludes halogenated alkanes) is 12. The third-order valence-corrected chi connectivity index (χ3v) is 4.86. The number of rotatable bonds is 17. The normalized spacial score (nSPS) is 11.9. The monoisotopic (exact) mass is 409 g/mol. The lowest BCUT2D eigenvalue weighted by atomic mass is 10.1. The summed E-state index contributed by atoms with van der Waals surface area (Å²) in [6.07, 6.45) is 18.1. The number of hydrogen-bond donors (Lipinski definition) is 0. The minimum Gasteiger partial charge on any atom is -0.726 e. The van der Waals surface area contributed by atoms with E-state index in [1.165, 1.54) is 70.8 Å². The van der Waals surface area contributed by atoms with Crippen LogP contribution in [0.5, 0.6) is 0 Å². The molecule has 0 aromatic heterocycles. The summed E-state index contributed by atoms with van der Waals surface area (Å²) in [6, 6.07) is 0. The van der Waals surface area contributed by atoms with Crippen LogP contribution in [0.15, 0.2) is 0 Å². The first-order chi connectivity index (χ1) is 12.6. The first-order valence-electron chi connectivity index (χ1n) is 11.0. The molecule has 0 atom stereocenters. The molecular formula is C21H47NO4S. The predicted molar refractivity (Wildman–Crippen MR) is 115 cm³/mol. The fourth-order valence-corrected chi connectivity index (χ4v) is 3.09. The molecule has 27 heavy (non-hydrogen) atoms. The Labute approximate surface area is 170 Å². The average Bonchev–Trinajstić information content (AvgIpc) is 2.55. The van der Waals surface area contributed by atoms with Gasteiger partial charge in [0.2, 0.25) is 10.4 Å². The molecule has 0 radical (unpaired) electrons. The molecule has 0 rings (SSSR count). The lowest BCUT2D eigenvalue weighted by Gasteiger charge is -2.23. The minimum atomic E-state index is -4.46. The zero-order chi connectivity index (χ0) is 21.0. The van der Waals surface area contributed by atoms with E-state index in [9.17, 15) is 13.0 Å². The summed E-state index contributed by atoms with van der Waals surface area (Å²) in [7, 11) is 2.40. The van der Waals surface area contributed by atoms with Crippen molar-refractivity contribution >= 4 is 10.4 Å². The van der Waals surface area contributed by atoms with Gasteiger partial charge in [-0.05, 0) is 19.3 Å². The third kappa shape index (κ3) is 33.8. The van der Waals surface area contributed by atoms with Crippen LogP contribution in [0.1, 0.15) is 104 Å². The average molecular weight is 410 g/mol. The standard InChI is InChI=1S/C15H34N.C6H14O4S/c1-5-6-7-8-9-10-11-12-13-14-15-16(2,3)4;1-2-3-4-5-6-10-11(7,8)9/h5-15H2,1-4H3;2-6H2,1H3,(H,7,8,9)/q+1;/p-1. The molecule has 0 aliphatic carbocycles. The predicted octanol–water partition coefficient (Wildman–Crippen LogP) is 5.66. The van der Waals surface area contributed by atoms with Gasteiger partial charge in [-0.15, -0.1) is 0 Å². The molecule has 0 aliphatic heterocycles. The van der Waals surface area contributed by atoms with E-state index in [0.29, 0.717) is 6.42 Å². The van der Waals surface area contributed by atoms with Gasteiger partial charge in [-0.1, -0.05) is 84.5 Å². The molecule has 0 aromatic carbocycles. The van der Waals surface area contributed by atoms with Gasteiger partial charge in [-0.3, -0.25) is 4.18 Å². The second-order valence-corrected chi connectivity index (χ2v) is 9.54. The molecule has 0 heterocycles. The number of quaternary nitrogens is 1. The Morgan fingerprint density at radius 2 is 1.04 bits per heavy atom. The minimum absolute atomic E-state index is 0.0197. The van der Waals surface area contributed by atoms with Crippen LogP contribution < -0.4 is 0 Å². The quantitative estimate of drug-likeness (QED) is 0.135. The Morgan fingerprint density at radius 3 is 1.41 bits per heavy atom. The molecule has 6 heteroatoms. The molecule has 0 unspecified atom stereocenters. The molecule has 0 aliphatic rings. The van der Waals surface area contributed by atoms with E-state index in [2.05, 4.69) is 32.2 Å². The van der Waals surface area contributed by atoms with E-state index in [-0.39, 0.29) is 6.61 Å². The number of nitrogens with zero attached hydrogens (tertiary/aromatic N) is 1. The Bertz CT molecular complexity index is 391. The maximum absolute atomic E-state index is 9.89. The van der Waals surface area contributed by atoms with Crippen molar-refractivity contribution in [1.82, 2.24) is 0 Å². The Kier molecular flexibility index (Phi) is 20.6. The van der Waals surface area contributed by atoms with E-state index >= 15 is 0 Å². The van der Waals surface area contributed by atoms with Crippen LogP contribution >= 0.6 is 0 Å². The molecular weight excluding hydrogens is 362 g/mol. The van der Waals surface area contributed by atoms with Gasteiger partial charge < -0.3 is 9.04 Å². The summed E-state index contributed by atoms with van der Waals surface area (Å²) in [4.78, 5) is 0. The highest BCUT2D eigenvalue weighted by Crippen LogP contribution is 2.11. The van der Waals surface area contributed by atoms with Gasteiger partial charge in [0.15, 0.2) is 0 Å². The van der Waals surface area contributed by atoms with Crippen molar-refractivity contribution in [2.45, 2.75) is 104 Å². The van der Waals surface area contributed by atoms with Gasteiger partial charge >= 0.3 is 0 Å². The van der Waals surface area contributed by atoms with E-state index in [4.69, 9.17) is 0 Å². The van der Waals surface area contributed by atoms with Crippen molar-refractivity contribution in [3.63, 3.8) is 0 Å². The molecule has 5 nitrogen and oxygen atoms in total. The summed E-state index contributed by atoms with van der Waals surface area (Å²) in [5.74, 6) is 0. The lowest BCUT2D eigenvalue weighted by Crippen LogP contribution is -2.35. The largest absolute Gasteiger partial charge is 0.726 e. The van der Waals surface area contributed by atoms with Crippen LogP contribution in [0.25, 0.3) is 0 Å². The van der Waals surface area contributed by atoms with Gasteiger partial charge in [0.25, 0.3) is 0 Å². The smallest absolute Gasteiger partial charge is 0.217 e. The highest BCUT2D eigenvalue weighted by Gasteiger charge is 2.04. The van der Waals surface area contributed by atoms with E-state index in [1.807, 2.05) is 6.92 Å². The fraction of sp³-hybridized carbons (Fsp3) is 1.00. The maximum atomic E-state index is 9.89. The molecule has 0 saturated carbocycles. The van der Waals surface area contributed by atoms with Crippen LogP contribution in [0.3, 0.4) is 0 Å². The van der Waals surface area contributed by atoms with Crippen molar-refractivity contribution in [2.75, 3.05) is 34.3 Å². The van der Waals surface area contributed by atoms with Crippen LogP contribution in [0.4, 0.5) is 0 Å². The van der Waals surface area contributed by atoms with E-state index in [0.717, 1.165) is 23.7 Å². The van der Waals surface area contributed by atoms with Crippen LogP contribution in [0.2, 0.25) is 0 Å². The van der Waals surface area contributed by atoms with Crippen molar-refractivity contribution < 1.29 is 21.6 Å². The van der Waals surface area contributed by atoms with Crippen molar-refractivity contribution in [1.29, 1.82) is 0 Å². The lowest BCUT2D eigenvalue weighted by molar-refractivity contribution is -0.870. The molecule has 0 N–H and O–H groups in total. The fourth-order valence-electron chi connectivity index (χ4n) is 2.76. The Morgan fingerprint density at radius 1 is 0.667 bits per heavy atom. The van der Waals surface area contributed by atoms with Gasteiger partial charge in [0.05, 0.1) is 34.3 Å². The van der Waals surface area contributed by atoms with Crippen molar-refractivity contribution in [3.05, 3.63) is 0 Å². The third-order valence-electron chi connectivity index (χ3n) is 4.41. The van der Waals surface area contributed by atoms with Gasteiger partial charge in [0, 0.05) is 0 Å². The van der Waals surface area contributed by atoms with Crippen molar-refractivity contribution in [2.24, 2.45) is 0 Å². The zero-order valence-corrected chi connectivity index (χ0v) is 19.6. The first-order valence-corrected chi connectivity index (χ1v) is 12.4. The maximum Gasteiger partial charge on any atom is 0.217 e. The van der Waals surface area contributed by atoms with Gasteiger partial charge in [0.1, 0.15) is 0 Å². The molecule has 166 valence electrons. The number of hydrogen-bond acceptors (Lipinski definition) is 4. The molecule has 0 aromatic rings. The molecule has 0 bridgehead atoms. The first kappa shape index (κ1) is 29.0. The second-order valence-electron chi connectivity index (χ2n) is 8.49. The molecule has 0 amide bonds.